The summed E-state index contributed by atoms with van der Waals surface area (Å²) < 4.78 is 13.7. The summed E-state index contributed by atoms with van der Waals surface area (Å²) in [6, 6.07) is 8.77. The number of halogens is 1. The molecule has 0 spiro atoms. The zero-order valence-corrected chi connectivity index (χ0v) is 21.7. The molecule has 6 heterocycles. The van der Waals surface area contributed by atoms with Crippen molar-refractivity contribution in [3.63, 3.8) is 0 Å². The second-order valence-corrected chi connectivity index (χ2v) is 11.2. The van der Waals surface area contributed by atoms with Crippen LogP contribution in [0, 0.1) is 10.5 Å². The Hall–Kier alpha value is -4.51. The smallest absolute Gasteiger partial charge is 0.224 e. The fourth-order valence-corrected chi connectivity index (χ4v) is 5.04. The van der Waals surface area contributed by atoms with Crippen LogP contribution in [-0.2, 0) is 4.79 Å². The number of amides is 1. The molecule has 3 N–H and O–H groups in total. The van der Waals surface area contributed by atoms with Gasteiger partial charge < -0.3 is 10.3 Å². The van der Waals surface area contributed by atoms with Gasteiger partial charge in [0.15, 0.2) is 16.6 Å². The summed E-state index contributed by atoms with van der Waals surface area (Å²) in [5, 5.41) is 11.0. The van der Waals surface area contributed by atoms with Gasteiger partial charge in [0.25, 0.3) is 0 Å². The number of fused-ring (bicyclic) bond motifs is 2. The number of nitrogens with one attached hydrogen (secondary N) is 3. The van der Waals surface area contributed by atoms with Crippen molar-refractivity contribution in [1.29, 1.82) is 0 Å². The zero-order valence-electron chi connectivity index (χ0n) is 20.8. The molecule has 0 bridgehead atoms. The SMILES string of the molecule is CC(C)(C)CC(=O)Nc1cncc(-c2cc3c(-c4nc5nccc(-c6ccc(F)s6)c5[nH]4)n[nH]c3cn2)c1. The van der Waals surface area contributed by atoms with Gasteiger partial charge in [-0.3, -0.25) is 19.9 Å². The van der Waals surface area contributed by atoms with E-state index in [0.717, 1.165) is 38.2 Å². The molecule has 9 nitrogen and oxygen atoms in total. The molecule has 0 aromatic carbocycles. The van der Waals surface area contributed by atoms with E-state index < -0.39 is 0 Å². The van der Waals surface area contributed by atoms with Crippen molar-refractivity contribution in [1.82, 2.24) is 35.1 Å². The van der Waals surface area contributed by atoms with E-state index in [1.807, 2.05) is 39.0 Å². The lowest BCUT2D eigenvalue weighted by Gasteiger charge is -2.17. The molecular weight excluding hydrogens is 503 g/mol. The van der Waals surface area contributed by atoms with Crippen LogP contribution >= 0.6 is 11.3 Å². The highest BCUT2D eigenvalue weighted by Crippen LogP contribution is 2.34. The van der Waals surface area contributed by atoms with Crippen molar-refractivity contribution < 1.29 is 9.18 Å². The molecule has 0 fully saturated rings. The number of nitrogens with zero attached hydrogens (tertiary/aromatic N) is 5. The lowest BCUT2D eigenvalue weighted by atomic mass is 9.92. The number of hydrogen-bond donors (Lipinski definition) is 3. The van der Waals surface area contributed by atoms with Crippen molar-refractivity contribution in [2.24, 2.45) is 5.41 Å². The van der Waals surface area contributed by atoms with Crippen LogP contribution in [-0.4, -0.2) is 41.0 Å². The first-order valence-electron chi connectivity index (χ1n) is 11.9. The Morgan fingerprint density at radius 1 is 1.11 bits per heavy atom. The summed E-state index contributed by atoms with van der Waals surface area (Å²) in [7, 11) is 0. The number of carbonyl (C=O) groups excluding carboxylic acids is 1. The summed E-state index contributed by atoms with van der Waals surface area (Å²) in [4.78, 5) is 34.4. The van der Waals surface area contributed by atoms with Crippen LogP contribution in [0.15, 0.2) is 55.1 Å². The second kappa shape index (κ2) is 9.10. The maximum Gasteiger partial charge on any atom is 0.224 e. The van der Waals surface area contributed by atoms with Crippen LogP contribution in [0.25, 0.3) is 55.3 Å². The zero-order chi connectivity index (χ0) is 26.4. The molecule has 0 saturated carbocycles. The minimum Gasteiger partial charge on any atom is -0.335 e. The number of anilines is 1. The lowest BCUT2D eigenvalue weighted by Crippen LogP contribution is -2.19. The van der Waals surface area contributed by atoms with E-state index in [1.165, 1.54) is 6.07 Å². The maximum absolute atomic E-state index is 13.7. The van der Waals surface area contributed by atoms with E-state index in [-0.39, 0.29) is 16.5 Å². The van der Waals surface area contributed by atoms with E-state index >= 15 is 0 Å². The number of imidazole rings is 1. The summed E-state index contributed by atoms with van der Waals surface area (Å²) in [6.45, 7) is 6.05. The quantitative estimate of drug-likeness (QED) is 0.246. The highest BCUT2D eigenvalue weighted by atomic mass is 32.1. The Bertz CT molecular complexity index is 1810. The summed E-state index contributed by atoms with van der Waals surface area (Å²) in [6.07, 6.45) is 7.07. The molecule has 0 radical (unpaired) electrons. The molecular formula is C27H23FN8OS. The van der Waals surface area contributed by atoms with E-state index in [4.69, 9.17) is 0 Å². The van der Waals surface area contributed by atoms with Gasteiger partial charge in [-0.2, -0.15) is 9.49 Å². The number of rotatable bonds is 5. The van der Waals surface area contributed by atoms with Gasteiger partial charge in [-0.25, -0.2) is 9.97 Å². The van der Waals surface area contributed by atoms with Crippen molar-refractivity contribution in [3.05, 3.63) is 60.3 Å². The summed E-state index contributed by atoms with van der Waals surface area (Å²) >= 11 is 1.07. The molecule has 11 heteroatoms. The molecule has 0 saturated heterocycles. The number of aromatic amines is 2. The standard InChI is InChI=1S/C27H23FN8OS/c1-27(2,3)10-22(37)32-15-8-14(11-29-12-15)18-9-17-19(13-31-18)35-36-24(17)26-33-23-16(6-7-30-25(23)34-26)20-4-5-21(28)38-20/h4-9,11-13H,10H2,1-3H3,(H,32,37)(H,35,36)(H,30,33,34). The largest absolute Gasteiger partial charge is 0.335 e. The third-order valence-electron chi connectivity index (χ3n) is 5.91. The first-order chi connectivity index (χ1) is 18.2. The highest BCUT2D eigenvalue weighted by molar-refractivity contribution is 7.14. The average Bonchev–Trinajstić information content (AvgIpc) is 3.60. The summed E-state index contributed by atoms with van der Waals surface area (Å²) in [5.74, 6) is 0.460. The Balaban J connectivity index is 1.36. The van der Waals surface area contributed by atoms with Crippen LogP contribution in [0.5, 0.6) is 0 Å². The molecule has 6 aromatic rings. The highest BCUT2D eigenvalue weighted by Gasteiger charge is 2.19. The van der Waals surface area contributed by atoms with Gasteiger partial charge in [0.05, 0.1) is 34.8 Å². The van der Waals surface area contributed by atoms with Crippen molar-refractivity contribution >= 4 is 45.0 Å². The van der Waals surface area contributed by atoms with Crippen LogP contribution < -0.4 is 5.32 Å². The van der Waals surface area contributed by atoms with Gasteiger partial charge in [-0.15, -0.1) is 11.3 Å². The first-order valence-corrected chi connectivity index (χ1v) is 12.8. The van der Waals surface area contributed by atoms with E-state index in [9.17, 15) is 9.18 Å². The predicted molar refractivity (Wildman–Crippen MR) is 146 cm³/mol. The maximum atomic E-state index is 13.7. The van der Waals surface area contributed by atoms with Crippen LogP contribution in [0.4, 0.5) is 10.1 Å². The normalized spacial score (nSPS) is 11.9. The van der Waals surface area contributed by atoms with Gasteiger partial charge in [0.2, 0.25) is 5.91 Å². The molecule has 0 aliphatic heterocycles. The van der Waals surface area contributed by atoms with Crippen LogP contribution in [0.1, 0.15) is 27.2 Å². The monoisotopic (exact) mass is 526 g/mol. The Labute approximate surface area is 220 Å². The third kappa shape index (κ3) is 4.63. The fraction of sp³-hybridized carbons (Fsp3) is 0.185. The molecule has 6 rings (SSSR count). The fourth-order valence-electron chi connectivity index (χ4n) is 4.28. The minimum absolute atomic E-state index is 0.0693. The Morgan fingerprint density at radius 2 is 1.97 bits per heavy atom. The average molecular weight is 527 g/mol. The molecule has 6 aromatic heterocycles. The van der Waals surface area contributed by atoms with Crippen LogP contribution in [0.3, 0.4) is 0 Å². The Morgan fingerprint density at radius 3 is 2.76 bits per heavy atom. The molecule has 0 aliphatic carbocycles. The molecule has 0 aliphatic rings. The van der Waals surface area contributed by atoms with Crippen molar-refractivity contribution in [2.75, 3.05) is 5.32 Å². The number of H-pyrrole nitrogens is 2. The number of aromatic nitrogens is 7. The molecule has 0 unspecified atom stereocenters. The van der Waals surface area contributed by atoms with Gasteiger partial charge in [0, 0.05) is 40.2 Å². The Kier molecular flexibility index (Phi) is 5.72. The molecule has 1 amide bonds. The van der Waals surface area contributed by atoms with Gasteiger partial charge in [-0.1, -0.05) is 20.8 Å². The first kappa shape index (κ1) is 23.9. The topological polar surface area (TPSA) is 125 Å². The van der Waals surface area contributed by atoms with E-state index in [0.29, 0.717) is 40.5 Å². The second-order valence-electron chi connectivity index (χ2n) is 10.2. The lowest BCUT2D eigenvalue weighted by molar-refractivity contribution is -0.117. The van der Waals surface area contributed by atoms with Gasteiger partial charge in [0.1, 0.15) is 5.69 Å². The minimum atomic E-state index is -0.254. The third-order valence-corrected chi connectivity index (χ3v) is 6.82. The van der Waals surface area contributed by atoms with Crippen LogP contribution in [0.2, 0.25) is 0 Å². The summed E-state index contributed by atoms with van der Waals surface area (Å²) in [5.41, 5.74) is 5.29. The van der Waals surface area contributed by atoms with Crippen molar-refractivity contribution in [2.45, 2.75) is 27.2 Å². The van der Waals surface area contributed by atoms with Gasteiger partial charge in [-0.05, 0) is 35.7 Å². The number of carbonyl (C=O) groups is 1. The van der Waals surface area contributed by atoms with E-state index in [1.54, 1.807) is 30.9 Å². The van der Waals surface area contributed by atoms with Crippen molar-refractivity contribution in [3.8, 4) is 33.2 Å². The molecule has 0 atom stereocenters. The number of pyridine rings is 3. The number of hydrogen-bond acceptors (Lipinski definition) is 7. The van der Waals surface area contributed by atoms with E-state index in [2.05, 4.69) is 40.4 Å². The molecule has 190 valence electrons. The molecule has 38 heavy (non-hydrogen) atoms. The predicted octanol–water partition coefficient (Wildman–Crippen LogP) is 6.20. The number of thiophene rings is 1. The van der Waals surface area contributed by atoms with Gasteiger partial charge >= 0.3 is 0 Å².